The van der Waals surface area contributed by atoms with E-state index < -0.39 is 0 Å². The maximum atomic E-state index is 11.7. The minimum Gasteiger partial charge on any atom is -0.495 e. The Balaban J connectivity index is 0.00000162. The highest BCUT2D eigenvalue weighted by Gasteiger charge is 2.20. The number of anilines is 2. The molecule has 3 N–H and O–H groups in total. The van der Waals surface area contributed by atoms with Crippen molar-refractivity contribution in [3.63, 3.8) is 0 Å². The van der Waals surface area contributed by atoms with Gasteiger partial charge in [0.1, 0.15) is 5.75 Å². The van der Waals surface area contributed by atoms with Crippen LogP contribution >= 0.6 is 12.4 Å². The molecule has 0 aromatic heterocycles. The number of amides is 1. The lowest BCUT2D eigenvalue weighted by Gasteiger charge is -2.24. The molecule has 1 amide bonds. The zero-order valence-electron chi connectivity index (χ0n) is 10.4. The summed E-state index contributed by atoms with van der Waals surface area (Å²) in [7, 11) is 1.57. The summed E-state index contributed by atoms with van der Waals surface area (Å²) in [5.74, 6) is 1.27. The SMILES string of the molecule is COc1ccc(NC(=O)CC2CCC2)cc1N.Cl. The van der Waals surface area contributed by atoms with Crippen molar-refractivity contribution in [2.45, 2.75) is 25.7 Å². The van der Waals surface area contributed by atoms with Gasteiger partial charge in [0.05, 0.1) is 12.8 Å². The minimum atomic E-state index is 0. The van der Waals surface area contributed by atoms with Gasteiger partial charge in [-0.25, -0.2) is 0 Å². The van der Waals surface area contributed by atoms with Crippen LogP contribution in [0.5, 0.6) is 5.75 Å². The molecule has 0 radical (unpaired) electrons. The van der Waals surface area contributed by atoms with Gasteiger partial charge in [-0.3, -0.25) is 4.79 Å². The summed E-state index contributed by atoms with van der Waals surface area (Å²) in [5, 5.41) is 2.86. The Morgan fingerprint density at radius 1 is 1.50 bits per heavy atom. The van der Waals surface area contributed by atoms with Crippen molar-refractivity contribution in [1.82, 2.24) is 0 Å². The average molecular weight is 271 g/mol. The highest BCUT2D eigenvalue weighted by molar-refractivity contribution is 5.91. The summed E-state index contributed by atoms with van der Waals surface area (Å²) in [6.45, 7) is 0. The van der Waals surface area contributed by atoms with E-state index in [1.54, 1.807) is 25.3 Å². The van der Waals surface area contributed by atoms with Crippen molar-refractivity contribution in [3.8, 4) is 5.75 Å². The van der Waals surface area contributed by atoms with E-state index in [1.165, 1.54) is 19.3 Å². The Morgan fingerprint density at radius 3 is 2.72 bits per heavy atom. The second kappa shape index (κ2) is 6.50. The highest BCUT2D eigenvalue weighted by atomic mass is 35.5. The molecule has 4 nitrogen and oxygen atoms in total. The maximum absolute atomic E-state index is 11.7. The summed E-state index contributed by atoms with van der Waals surface area (Å²) in [4.78, 5) is 11.7. The van der Waals surface area contributed by atoms with Crippen LogP contribution in [0.15, 0.2) is 18.2 Å². The summed E-state index contributed by atoms with van der Waals surface area (Å²) >= 11 is 0. The number of carbonyl (C=O) groups is 1. The molecular formula is C13H19ClN2O2. The van der Waals surface area contributed by atoms with Gasteiger partial charge in [0.2, 0.25) is 5.91 Å². The van der Waals surface area contributed by atoms with Gasteiger partial charge < -0.3 is 15.8 Å². The molecule has 0 bridgehead atoms. The van der Waals surface area contributed by atoms with E-state index in [-0.39, 0.29) is 18.3 Å². The van der Waals surface area contributed by atoms with Crippen LogP contribution in [0.2, 0.25) is 0 Å². The predicted octanol–water partition coefficient (Wildman–Crippen LogP) is 2.83. The summed E-state index contributed by atoms with van der Waals surface area (Å²) in [5.41, 5.74) is 7.04. The second-order valence-corrected chi connectivity index (χ2v) is 4.51. The van der Waals surface area contributed by atoms with Gasteiger partial charge in [0.15, 0.2) is 0 Å². The number of nitrogens with one attached hydrogen (secondary N) is 1. The third-order valence-corrected chi connectivity index (χ3v) is 3.21. The van der Waals surface area contributed by atoms with E-state index >= 15 is 0 Å². The molecule has 18 heavy (non-hydrogen) atoms. The third-order valence-electron chi connectivity index (χ3n) is 3.21. The van der Waals surface area contributed by atoms with E-state index in [0.717, 1.165) is 5.69 Å². The van der Waals surface area contributed by atoms with Crippen molar-refractivity contribution >= 4 is 29.7 Å². The first kappa shape index (κ1) is 14.6. The fourth-order valence-electron chi connectivity index (χ4n) is 1.98. The molecule has 1 aromatic rings. The first-order chi connectivity index (χ1) is 8.19. The molecule has 0 spiro atoms. The number of hydrogen-bond acceptors (Lipinski definition) is 3. The molecule has 100 valence electrons. The second-order valence-electron chi connectivity index (χ2n) is 4.51. The van der Waals surface area contributed by atoms with Crippen molar-refractivity contribution in [1.29, 1.82) is 0 Å². The van der Waals surface area contributed by atoms with Gasteiger partial charge in [0, 0.05) is 12.1 Å². The molecule has 1 aliphatic rings. The molecule has 1 aliphatic carbocycles. The van der Waals surface area contributed by atoms with Gasteiger partial charge in [0.25, 0.3) is 0 Å². The molecule has 5 heteroatoms. The number of nitrogens with two attached hydrogens (primary N) is 1. The fraction of sp³-hybridized carbons (Fsp3) is 0.462. The van der Waals surface area contributed by atoms with E-state index in [2.05, 4.69) is 5.32 Å². The molecule has 1 saturated carbocycles. The minimum absolute atomic E-state index is 0. The molecule has 0 saturated heterocycles. The molecule has 2 rings (SSSR count). The number of methoxy groups -OCH3 is 1. The fourth-order valence-corrected chi connectivity index (χ4v) is 1.98. The lowest BCUT2D eigenvalue weighted by molar-refractivity contribution is -0.117. The van der Waals surface area contributed by atoms with Crippen molar-refractivity contribution < 1.29 is 9.53 Å². The third kappa shape index (κ3) is 3.53. The van der Waals surface area contributed by atoms with Crippen molar-refractivity contribution in [2.75, 3.05) is 18.2 Å². The van der Waals surface area contributed by atoms with Gasteiger partial charge >= 0.3 is 0 Å². The number of rotatable bonds is 4. The normalized spacial score (nSPS) is 14.3. The Bertz CT molecular complexity index is 419. The number of benzene rings is 1. The zero-order chi connectivity index (χ0) is 12.3. The Hall–Kier alpha value is -1.42. The largest absolute Gasteiger partial charge is 0.495 e. The first-order valence-electron chi connectivity index (χ1n) is 5.92. The van der Waals surface area contributed by atoms with Crippen molar-refractivity contribution in [2.24, 2.45) is 5.92 Å². The number of halogens is 1. The average Bonchev–Trinajstić information content (AvgIpc) is 2.24. The molecule has 0 unspecified atom stereocenters. The molecule has 0 atom stereocenters. The lowest BCUT2D eigenvalue weighted by atomic mass is 9.83. The smallest absolute Gasteiger partial charge is 0.224 e. The van der Waals surface area contributed by atoms with Gasteiger partial charge in [-0.1, -0.05) is 6.42 Å². The molecule has 1 fully saturated rings. The van der Waals surface area contributed by atoms with E-state index in [9.17, 15) is 4.79 Å². The van der Waals surface area contributed by atoms with Crippen LogP contribution in [0.4, 0.5) is 11.4 Å². The number of ether oxygens (including phenoxy) is 1. The van der Waals surface area contributed by atoms with Crippen LogP contribution in [-0.4, -0.2) is 13.0 Å². The topological polar surface area (TPSA) is 64.3 Å². The van der Waals surface area contributed by atoms with Crippen molar-refractivity contribution in [3.05, 3.63) is 18.2 Å². The predicted molar refractivity (Wildman–Crippen MR) is 75.2 cm³/mol. The molecular weight excluding hydrogens is 252 g/mol. The van der Waals surface area contributed by atoms with E-state index in [1.807, 2.05) is 0 Å². The Labute approximate surface area is 113 Å². The molecule has 1 aromatic carbocycles. The van der Waals surface area contributed by atoms with Gasteiger partial charge in [-0.05, 0) is 37.0 Å². The monoisotopic (exact) mass is 270 g/mol. The van der Waals surface area contributed by atoms with Crippen LogP contribution in [0.25, 0.3) is 0 Å². The van der Waals surface area contributed by atoms with Crippen LogP contribution < -0.4 is 15.8 Å². The van der Waals surface area contributed by atoms with Gasteiger partial charge in [-0.2, -0.15) is 0 Å². The van der Waals surface area contributed by atoms with Crippen LogP contribution in [-0.2, 0) is 4.79 Å². The van der Waals surface area contributed by atoms with Crippen LogP contribution in [0, 0.1) is 5.92 Å². The van der Waals surface area contributed by atoms with E-state index in [0.29, 0.717) is 23.8 Å². The number of carbonyl (C=O) groups excluding carboxylic acids is 1. The zero-order valence-corrected chi connectivity index (χ0v) is 11.3. The van der Waals surface area contributed by atoms with Gasteiger partial charge in [-0.15, -0.1) is 12.4 Å². The maximum Gasteiger partial charge on any atom is 0.224 e. The van der Waals surface area contributed by atoms with E-state index in [4.69, 9.17) is 10.5 Å². The van der Waals surface area contributed by atoms with Crippen LogP contribution in [0.1, 0.15) is 25.7 Å². The van der Waals surface area contributed by atoms with Crippen LogP contribution in [0.3, 0.4) is 0 Å². The highest BCUT2D eigenvalue weighted by Crippen LogP contribution is 2.30. The standard InChI is InChI=1S/C13H18N2O2.ClH/c1-17-12-6-5-10(8-11(12)14)15-13(16)7-9-3-2-4-9;/h5-6,8-9H,2-4,7,14H2,1H3,(H,15,16);1H. The summed E-state index contributed by atoms with van der Waals surface area (Å²) in [6, 6.07) is 5.28. The Morgan fingerprint density at radius 2 is 2.22 bits per heavy atom. The molecule has 0 heterocycles. The summed E-state index contributed by atoms with van der Waals surface area (Å²) in [6.07, 6.45) is 4.23. The number of nitrogen functional groups attached to an aromatic ring is 1. The lowest BCUT2D eigenvalue weighted by Crippen LogP contribution is -2.20. The Kier molecular flexibility index (Phi) is 5.28. The first-order valence-corrected chi connectivity index (χ1v) is 5.92. The molecule has 0 aliphatic heterocycles. The quantitative estimate of drug-likeness (QED) is 0.827. The number of hydrogen-bond donors (Lipinski definition) is 2. The summed E-state index contributed by atoms with van der Waals surface area (Å²) < 4.78 is 5.06.